The van der Waals surface area contributed by atoms with Gasteiger partial charge in [-0.15, -0.1) is 0 Å². The summed E-state index contributed by atoms with van der Waals surface area (Å²) in [6.45, 7) is 11.8. The largest absolute Gasteiger partial charge is 0.397 e. The molecule has 0 bridgehead atoms. The van der Waals surface area contributed by atoms with Gasteiger partial charge in [-0.2, -0.15) is 0 Å². The van der Waals surface area contributed by atoms with Crippen LogP contribution in [-0.2, 0) is 0 Å². The Morgan fingerprint density at radius 2 is 1.25 bits per heavy atom. The molecule has 0 spiro atoms. The third-order valence-electron chi connectivity index (χ3n) is 0.500. The maximum atomic E-state index is 8.06. The van der Waals surface area contributed by atoms with E-state index in [9.17, 15) is 0 Å². The van der Waals surface area contributed by atoms with Crippen molar-refractivity contribution < 1.29 is 10.2 Å². The van der Waals surface area contributed by atoms with Crippen molar-refractivity contribution in [1.29, 1.82) is 0 Å². The summed E-state index contributed by atoms with van der Waals surface area (Å²) < 4.78 is 0. The van der Waals surface area contributed by atoms with Crippen LogP contribution in [0.25, 0.3) is 0 Å². The molecule has 78 valence electrons. The average Bonchev–Trinajstić information content (AvgIpc) is 1.89. The van der Waals surface area contributed by atoms with Crippen LogP contribution in [0, 0.1) is 0 Å². The predicted molar refractivity (Wildman–Crippen MR) is 54.3 cm³/mol. The van der Waals surface area contributed by atoms with Crippen LogP contribution in [0.2, 0.25) is 0 Å². The van der Waals surface area contributed by atoms with E-state index in [-0.39, 0.29) is 12.7 Å². The first-order chi connectivity index (χ1) is 5.56. The van der Waals surface area contributed by atoms with E-state index in [1.807, 2.05) is 0 Å². The van der Waals surface area contributed by atoms with E-state index >= 15 is 0 Å². The highest BCUT2D eigenvalue weighted by Crippen LogP contribution is 1.65. The summed E-state index contributed by atoms with van der Waals surface area (Å²) in [5.41, 5.74) is 0. The van der Waals surface area contributed by atoms with Gasteiger partial charge < -0.3 is 15.5 Å². The van der Waals surface area contributed by atoms with Crippen molar-refractivity contribution in [2.75, 3.05) is 19.7 Å². The van der Waals surface area contributed by atoms with Gasteiger partial charge in [0.05, 0.1) is 0 Å². The summed E-state index contributed by atoms with van der Waals surface area (Å²) in [7, 11) is 0. The molecule has 0 aliphatic heterocycles. The molecule has 0 aliphatic rings. The monoisotopic (exact) mass is 179 g/mol. The van der Waals surface area contributed by atoms with Crippen LogP contribution < -0.4 is 5.32 Å². The molecule has 0 saturated carbocycles. The van der Waals surface area contributed by atoms with Crippen LogP contribution in [0.5, 0.6) is 0 Å². The Morgan fingerprint density at radius 3 is 1.25 bits per heavy atom. The molecule has 0 fully saturated rings. The van der Waals surface area contributed by atoms with E-state index < -0.39 is 0 Å². The smallest absolute Gasteiger partial charge is 0.0483 e. The van der Waals surface area contributed by atoms with Crippen molar-refractivity contribution in [2.45, 2.75) is 40.7 Å². The highest BCUT2D eigenvalue weighted by atomic mass is 16.3. The second-order valence-electron chi connectivity index (χ2n) is 2.37. The van der Waals surface area contributed by atoms with Crippen LogP contribution in [-0.4, -0.2) is 36.0 Å². The highest BCUT2D eigenvalue weighted by Gasteiger charge is 1.69. The topological polar surface area (TPSA) is 52.5 Å². The van der Waals surface area contributed by atoms with E-state index in [1.165, 1.54) is 0 Å². The molecule has 0 aliphatic carbocycles. The zero-order valence-corrected chi connectivity index (χ0v) is 9.09. The lowest BCUT2D eigenvalue weighted by Crippen LogP contribution is -2.09. The van der Waals surface area contributed by atoms with Gasteiger partial charge in [-0.25, -0.2) is 0 Å². The summed E-state index contributed by atoms with van der Waals surface area (Å²) in [4.78, 5) is 0. The molecule has 0 aromatic heterocycles. The number of aliphatic hydroxyl groups is 2. The summed E-state index contributed by atoms with van der Waals surface area (Å²) in [5, 5.41) is 18.7. The third kappa shape index (κ3) is 220. The molecule has 0 heterocycles. The predicted octanol–water partition coefficient (Wildman–Crippen LogP) is 1.00. The minimum atomic E-state index is -0.167. The van der Waals surface area contributed by atoms with Gasteiger partial charge in [-0.05, 0) is 33.9 Å². The van der Waals surface area contributed by atoms with Crippen molar-refractivity contribution in [3.63, 3.8) is 0 Å². The minimum absolute atomic E-state index is 0.167. The average molecular weight is 179 g/mol. The van der Waals surface area contributed by atoms with Crippen molar-refractivity contribution in [3.8, 4) is 0 Å². The van der Waals surface area contributed by atoms with Gasteiger partial charge in [0.1, 0.15) is 0 Å². The zero-order valence-electron chi connectivity index (χ0n) is 9.09. The van der Waals surface area contributed by atoms with E-state index in [0.29, 0.717) is 0 Å². The Hall–Kier alpha value is -0.120. The van der Waals surface area contributed by atoms with Crippen molar-refractivity contribution >= 4 is 0 Å². The Balaban J connectivity index is -0.000000105. The quantitative estimate of drug-likeness (QED) is 0.593. The van der Waals surface area contributed by atoms with Crippen LogP contribution in [0.4, 0.5) is 0 Å². The Kier molecular flexibility index (Phi) is 33.3. The Labute approximate surface area is 76.8 Å². The maximum Gasteiger partial charge on any atom is 0.0483 e. The standard InChI is InChI=1S/C4H11N.C3H8O.C2H6O/c1-3-5-4-2;1-3(2)4;1-2-3/h5H,3-4H2,1-2H3;3-4H,1-2H3;3H,2H2,1H3. The molecule has 0 atom stereocenters. The third-order valence-corrected chi connectivity index (χ3v) is 0.500. The second kappa shape index (κ2) is 22.4. The van der Waals surface area contributed by atoms with E-state index in [1.54, 1.807) is 20.8 Å². The lowest BCUT2D eigenvalue weighted by atomic mass is 10.5. The number of hydrogen-bond acceptors (Lipinski definition) is 3. The number of hydrogen-bond donors (Lipinski definition) is 3. The second-order valence-corrected chi connectivity index (χ2v) is 2.37. The molecule has 0 amide bonds. The first kappa shape index (κ1) is 17.8. The summed E-state index contributed by atoms with van der Waals surface area (Å²) in [6, 6.07) is 0. The zero-order chi connectivity index (χ0) is 10.4. The first-order valence-corrected chi connectivity index (χ1v) is 4.56. The fraction of sp³-hybridized carbons (Fsp3) is 1.00. The van der Waals surface area contributed by atoms with Crippen LogP contribution in [0.1, 0.15) is 34.6 Å². The van der Waals surface area contributed by atoms with Gasteiger partial charge >= 0.3 is 0 Å². The van der Waals surface area contributed by atoms with Gasteiger partial charge in [0.25, 0.3) is 0 Å². The molecule has 12 heavy (non-hydrogen) atoms. The van der Waals surface area contributed by atoms with Gasteiger partial charge in [0.2, 0.25) is 0 Å². The molecule has 0 aromatic carbocycles. The van der Waals surface area contributed by atoms with Gasteiger partial charge in [0.15, 0.2) is 0 Å². The van der Waals surface area contributed by atoms with E-state index in [2.05, 4.69) is 19.2 Å². The molecule has 0 radical (unpaired) electrons. The molecule has 3 heteroatoms. The summed E-state index contributed by atoms with van der Waals surface area (Å²) in [5.74, 6) is 0. The first-order valence-electron chi connectivity index (χ1n) is 4.56. The minimum Gasteiger partial charge on any atom is -0.397 e. The van der Waals surface area contributed by atoms with Crippen LogP contribution >= 0.6 is 0 Å². The molecule has 3 N–H and O–H groups in total. The molecule has 0 rings (SSSR count). The lowest BCUT2D eigenvalue weighted by Gasteiger charge is -1.86. The van der Waals surface area contributed by atoms with Gasteiger partial charge in [-0.1, -0.05) is 13.8 Å². The molecule has 0 unspecified atom stereocenters. The molecule has 0 aromatic rings. The summed E-state index contributed by atoms with van der Waals surface area (Å²) in [6.07, 6.45) is -0.167. The van der Waals surface area contributed by atoms with Gasteiger partial charge in [0, 0.05) is 12.7 Å². The molecular weight excluding hydrogens is 154 g/mol. The fourth-order valence-corrected chi connectivity index (χ4v) is 0.250. The molecule has 0 saturated heterocycles. The summed E-state index contributed by atoms with van der Waals surface area (Å²) >= 11 is 0. The lowest BCUT2D eigenvalue weighted by molar-refractivity contribution is 0.216. The number of nitrogens with one attached hydrogen (secondary N) is 1. The Morgan fingerprint density at radius 1 is 1.08 bits per heavy atom. The van der Waals surface area contributed by atoms with E-state index in [4.69, 9.17) is 10.2 Å². The van der Waals surface area contributed by atoms with E-state index in [0.717, 1.165) is 13.1 Å². The normalized spacial score (nSPS) is 8.00. The fourth-order valence-electron chi connectivity index (χ4n) is 0.250. The SMILES string of the molecule is CC(C)O.CCNCC.CCO. The molecular formula is C9H25NO2. The number of rotatable bonds is 2. The maximum absolute atomic E-state index is 8.06. The Bertz CT molecular complexity index is 45.0. The van der Waals surface area contributed by atoms with Crippen molar-refractivity contribution in [1.82, 2.24) is 5.32 Å². The molecule has 3 nitrogen and oxygen atoms in total. The highest BCUT2D eigenvalue weighted by molar-refractivity contribution is 4.27. The van der Waals surface area contributed by atoms with Crippen molar-refractivity contribution in [2.24, 2.45) is 0 Å². The van der Waals surface area contributed by atoms with Crippen molar-refractivity contribution in [3.05, 3.63) is 0 Å². The van der Waals surface area contributed by atoms with Gasteiger partial charge in [-0.3, -0.25) is 0 Å². The van der Waals surface area contributed by atoms with Crippen LogP contribution in [0.3, 0.4) is 0 Å². The van der Waals surface area contributed by atoms with Crippen LogP contribution in [0.15, 0.2) is 0 Å². The number of aliphatic hydroxyl groups excluding tert-OH is 2.